The van der Waals surface area contributed by atoms with Crippen LogP contribution in [0.1, 0.15) is 30.1 Å². The van der Waals surface area contributed by atoms with Crippen molar-refractivity contribution in [3.63, 3.8) is 0 Å². The summed E-state index contributed by atoms with van der Waals surface area (Å²) in [5, 5.41) is 0. The normalized spacial score (nSPS) is 22.1. The molecule has 1 fully saturated rings. The average Bonchev–Trinajstić information content (AvgIpc) is 2.98. The van der Waals surface area contributed by atoms with Crippen LogP contribution in [-0.4, -0.2) is 17.0 Å². The third kappa shape index (κ3) is 2.29. The standard InChI is InChI=1S/C16H17NO3/c1-11-8-9-14(19-11)15-12(2)17(16(18)20-15)10-13-6-4-3-5-7-13/h3-9,12,15H,10H2,1-2H3/t12-,15+/m0/s1. The molecule has 0 spiro atoms. The Labute approximate surface area is 118 Å². The maximum absolute atomic E-state index is 12.0. The van der Waals surface area contributed by atoms with E-state index in [0.29, 0.717) is 12.3 Å². The molecule has 1 aromatic heterocycles. The highest BCUT2D eigenvalue weighted by Gasteiger charge is 2.41. The fraction of sp³-hybridized carbons (Fsp3) is 0.312. The van der Waals surface area contributed by atoms with Crippen LogP contribution in [0.25, 0.3) is 0 Å². The van der Waals surface area contributed by atoms with Crippen LogP contribution >= 0.6 is 0 Å². The van der Waals surface area contributed by atoms with Crippen molar-refractivity contribution < 1.29 is 13.9 Å². The first-order valence-corrected chi connectivity index (χ1v) is 6.72. The maximum atomic E-state index is 12.0. The highest BCUT2D eigenvalue weighted by molar-refractivity contribution is 5.70. The van der Waals surface area contributed by atoms with Gasteiger partial charge in [-0.2, -0.15) is 0 Å². The van der Waals surface area contributed by atoms with Gasteiger partial charge in [-0.25, -0.2) is 4.79 Å². The van der Waals surface area contributed by atoms with E-state index in [1.54, 1.807) is 4.90 Å². The molecule has 104 valence electrons. The molecular formula is C16H17NO3. The van der Waals surface area contributed by atoms with Gasteiger partial charge in [0.1, 0.15) is 11.5 Å². The lowest BCUT2D eigenvalue weighted by Gasteiger charge is -2.19. The number of nitrogens with zero attached hydrogens (tertiary/aromatic N) is 1. The summed E-state index contributed by atoms with van der Waals surface area (Å²) in [6.45, 7) is 4.42. The number of rotatable bonds is 3. The second-order valence-electron chi connectivity index (χ2n) is 5.11. The van der Waals surface area contributed by atoms with Crippen LogP contribution in [0.15, 0.2) is 46.9 Å². The summed E-state index contributed by atoms with van der Waals surface area (Å²) in [7, 11) is 0. The van der Waals surface area contributed by atoms with Crippen molar-refractivity contribution in [1.82, 2.24) is 4.90 Å². The minimum Gasteiger partial charge on any atom is -0.462 e. The van der Waals surface area contributed by atoms with Gasteiger partial charge in [0.2, 0.25) is 0 Å². The van der Waals surface area contributed by atoms with Gasteiger partial charge in [-0.1, -0.05) is 30.3 Å². The molecule has 20 heavy (non-hydrogen) atoms. The Hall–Kier alpha value is -2.23. The molecule has 4 heteroatoms. The topological polar surface area (TPSA) is 42.7 Å². The molecule has 1 aromatic carbocycles. The van der Waals surface area contributed by atoms with E-state index < -0.39 is 0 Å². The lowest BCUT2D eigenvalue weighted by Crippen LogP contribution is -2.31. The van der Waals surface area contributed by atoms with Crippen LogP contribution in [-0.2, 0) is 11.3 Å². The lowest BCUT2D eigenvalue weighted by atomic mass is 10.1. The molecule has 3 rings (SSSR count). The summed E-state index contributed by atoms with van der Waals surface area (Å²) in [6.07, 6.45) is -0.625. The van der Waals surface area contributed by atoms with Crippen molar-refractivity contribution in [2.45, 2.75) is 32.5 Å². The van der Waals surface area contributed by atoms with Gasteiger partial charge < -0.3 is 9.15 Å². The summed E-state index contributed by atoms with van der Waals surface area (Å²) in [5.41, 5.74) is 1.09. The highest BCUT2D eigenvalue weighted by Crippen LogP contribution is 2.34. The van der Waals surface area contributed by atoms with Gasteiger partial charge >= 0.3 is 6.09 Å². The Morgan fingerprint density at radius 3 is 2.55 bits per heavy atom. The molecule has 1 aliphatic rings. The zero-order valence-corrected chi connectivity index (χ0v) is 11.6. The summed E-state index contributed by atoms with van der Waals surface area (Å²) < 4.78 is 11.0. The first-order valence-electron chi connectivity index (χ1n) is 6.72. The van der Waals surface area contributed by atoms with E-state index in [1.165, 1.54) is 0 Å². The number of furan rings is 1. The minimum atomic E-state index is -0.333. The predicted octanol–water partition coefficient (Wildman–Crippen LogP) is 3.67. The van der Waals surface area contributed by atoms with Crippen molar-refractivity contribution in [3.05, 3.63) is 59.5 Å². The zero-order chi connectivity index (χ0) is 14.1. The number of benzene rings is 1. The van der Waals surface area contributed by atoms with E-state index in [4.69, 9.17) is 9.15 Å². The first-order chi connectivity index (χ1) is 9.65. The Bertz CT molecular complexity index is 605. The van der Waals surface area contributed by atoms with Gasteiger partial charge in [0, 0.05) is 6.54 Å². The van der Waals surface area contributed by atoms with Crippen molar-refractivity contribution >= 4 is 6.09 Å². The van der Waals surface area contributed by atoms with Crippen LogP contribution in [0.4, 0.5) is 4.79 Å². The molecular weight excluding hydrogens is 254 g/mol. The molecule has 0 unspecified atom stereocenters. The number of aryl methyl sites for hydroxylation is 1. The van der Waals surface area contributed by atoms with Gasteiger partial charge in [-0.3, -0.25) is 4.90 Å². The van der Waals surface area contributed by atoms with Crippen molar-refractivity contribution in [2.24, 2.45) is 0 Å². The monoisotopic (exact) mass is 271 g/mol. The Morgan fingerprint density at radius 2 is 1.90 bits per heavy atom. The first kappa shape index (κ1) is 12.8. The molecule has 1 saturated heterocycles. The molecule has 0 bridgehead atoms. The SMILES string of the molecule is Cc1ccc([C@@H]2OC(=O)N(Cc3ccccc3)[C@H]2C)o1. The summed E-state index contributed by atoms with van der Waals surface area (Å²) in [5.74, 6) is 1.53. The molecule has 0 aliphatic carbocycles. The zero-order valence-electron chi connectivity index (χ0n) is 11.6. The Kier molecular flexibility index (Phi) is 3.22. The third-order valence-corrected chi connectivity index (χ3v) is 3.63. The third-order valence-electron chi connectivity index (χ3n) is 3.63. The van der Waals surface area contributed by atoms with Crippen molar-refractivity contribution in [2.75, 3.05) is 0 Å². The number of carbonyl (C=O) groups is 1. The number of amides is 1. The van der Waals surface area contributed by atoms with Crippen LogP contribution in [0.5, 0.6) is 0 Å². The van der Waals surface area contributed by atoms with E-state index in [2.05, 4.69) is 0 Å². The number of cyclic esters (lactones) is 1. The molecule has 0 radical (unpaired) electrons. The number of hydrogen-bond acceptors (Lipinski definition) is 3. The maximum Gasteiger partial charge on any atom is 0.411 e. The minimum absolute atomic E-state index is 0.0479. The molecule has 0 saturated carbocycles. The van der Waals surface area contributed by atoms with E-state index >= 15 is 0 Å². The second kappa shape index (κ2) is 5.04. The molecule has 1 aliphatic heterocycles. The van der Waals surface area contributed by atoms with Gasteiger partial charge in [-0.15, -0.1) is 0 Å². The quantitative estimate of drug-likeness (QED) is 0.855. The van der Waals surface area contributed by atoms with Crippen molar-refractivity contribution in [1.29, 1.82) is 0 Å². The van der Waals surface area contributed by atoms with E-state index in [1.807, 2.05) is 56.3 Å². The van der Waals surface area contributed by atoms with E-state index in [0.717, 1.165) is 11.3 Å². The van der Waals surface area contributed by atoms with Crippen LogP contribution < -0.4 is 0 Å². The van der Waals surface area contributed by atoms with E-state index in [9.17, 15) is 4.79 Å². The second-order valence-corrected chi connectivity index (χ2v) is 5.11. The van der Waals surface area contributed by atoms with Crippen LogP contribution in [0, 0.1) is 6.92 Å². The summed E-state index contributed by atoms with van der Waals surface area (Å²) >= 11 is 0. The smallest absolute Gasteiger partial charge is 0.411 e. The molecule has 1 amide bonds. The molecule has 0 N–H and O–H groups in total. The number of carbonyl (C=O) groups excluding carboxylic acids is 1. The summed E-state index contributed by atoms with van der Waals surface area (Å²) in [6, 6.07) is 13.6. The highest BCUT2D eigenvalue weighted by atomic mass is 16.6. The Balaban J connectivity index is 1.78. The van der Waals surface area contributed by atoms with E-state index in [-0.39, 0.29) is 18.2 Å². The molecule has 2 aromatic rings. The van der Waals surface area contributed by atoms with Gasteiger partial charge in [-0.05, 0) is 31.5 Å². The average molecular weight is 271 g/mol. The molecule has 4 nitrogen and oxygen atoms in total. The van der Waals surface area contributed by atoms with Gasteiger partial charge in [0.25, 0.3) is 0 Å². The number of ether oxygens (including phenoxy) is 1. The number of hydrogen-bond donors (Lipinski definition) is 0. The predicted molar refractivity (Wildman–Crippen MR) is 74.1 cm³/mol. The lowest BCUT2D eigenvalue weighted by molar-refractivity contribution is 0.118. The van der Waals surface area contributed by atoms with Gasteiger partial charge in [0.05, 0.1) is 6.04 Å². The molecule has 2 heterocycles. The fourth-order valence-corrected chi connectivity index (χ4v) is 2.50. The summed E-state index contributed by atoms with van der Waals surface area (Å²) in [4.78, 5) is 13.8. The van der Waals surface area contributed by atoms with Gasteiger partial charge in [0.15, 0.2) is 6.10 Å². The van der Waals surface area contributed by atoms with Crippen molar-refractivity contribution in [3.8, 4) is 0 Å². The Morgan fingerprint density at radius 1 is 1.15 bits per heavy atom. The molecule has 2 atom stereocenters. The largest absolute Gasteiger partial charge is 0.462 e. The van der Waals surface area contributed by atoms with Crippen LogP contribution in [0.2, 0.25) is 0 Å². The fourth-order valence-electron chi connectivity index (χ4n) is 2.50. The van der Waals surface area contributed by atoms with Crippen LogP contribution in [0.3, 0.4) is 0 Å².